The number of pyridine rings is 1. The van der Waals surface area contributed by atoms with Crippen LogP contribution in [-0.4, -0.2) is 64.1 Å². The van der Waals surface area contributed by atoms with E-state index in [0.29, 0.717) is 30.3 Å². The number of amides is 4. The summed E-state index contributed by atoms with van der Waals surface area (Å²) in [4.78, 5) is 38.9. The summed E-state index contributed by atoms with van der Waals surface area (Å²) < 4.78 is 0. The molecule has 9 nitrogen and oxygen atoms in total. The summed E-state index contributed by atoms with van der Waals surface area (Å²) in [6, 6.07) is 13.5. The van der Waals surface area contributed by atoms with Gasteiger partial charge in [0, 0.05) is 49.2 Å². The number of carbonyl (C=O) groups is 2. The van der Waals surface area contributed by atoms with Gasteiger partial charge in [-0.2, -0.15) is 5.26 Å². The molecule has 0 atom stereocenters. The standard InChI is InChI=1S/C26H27N7O2S/c1-16-12-20(13-17(2)29-16)23-22(19-5-3-4-18(14-19)15-27)30-24(36-23)31-26(35)32-9-6-21(7-10-32)33-11-8-28-25(33)34/h3-5,12-14,21H,6-11H2,1-2H3,(H,28,34)(H,30,31,35). The molecule has 1 aromatic carbocycles. The molecular weight excluding hydrogens is 474 g/mol. The van der Waals surface area contributed by atoms with E-state index in [1.54, 1.807) is 11.0 Å². The lowest BCUT2D eigenvalue weighted by atomic mass is 10.0. The number of anilines is 1. The Bertz CT molecular complexity index is 1330. The molecule has 2 aromatic heterocycles. The fourth-order valence-corrected chi connectivity index (χ4v) is 5.82. The van der Waals surface area contributed by atoms with E-state index < -0.39 is 0 Å². The van der Waals surface area contributed by atoms with Crippen molar-refractivity contribution in [3.05, 3.63) is 53.3 Å². The van der Waals surface area contributed by atoms with Crippen molar-refractivity contribution in [2.45, 2.75) is 32.7 Å². The molecule has 2 aliphatic heterocycles. The fourth-order valence-electron chi connectivity index (χ4n) is 4.85. The van der Waals surface area contributed by atoms with E-state index in [4.69, 9.17) is 4.98 Å². The monoisotopic (exact) mass is 501 g/mol. The summed E-state index contributed by atoms with van der Waals surface area (Å²) in [6.07, 6.45) is 1.51. The topological polar surface area (TPSA) is 114 Å². The number of urea groups is 2. The number of nitrogens with one attached hydrogen (secondary N) is 2. The summed E-state index contributed by atoms with van der Waals surface area (Å²) in [7, 11) is 0. The zero-order chi connectivity index (χ0) is 25.2. The van der Waals surface area contributed by atoms with Gasteiger partial charge in [0.25, 0.3) is 0 Å². The van der Waals surface area contributed by atoms with Crippen molar-refractivity contribution in [3.8, 4) is 27.8 Å². The summed E-state index contributed by atoms with van der Waals surface area (Å²) in [5.74, 6) is 0. The largest absolute Gasteiger partial charge is 0.336 e. The summed E-state index contributed by atoms with van der Waals surface area (Å²) in [6.45, 7) is 6.47. The molecule has 2 saturated heterocycles. The van der Waals surface area contributed by atoms with Crippen LogP contribution < -0.4 is 10.6 Å². The lowest BCUT2D eigenvalue weighted by molar-refractivity contribution is 0.147. The van der Waals surface area contributed by atoms with Gasteiger partial charge >= 0.3 is 12.1 Å². The van der Waals surface area contributed by atoms with Crippen LogP contribution in [0.25, 0.3) is 21.7 Å². The van der Waals surface area contributed by atoms with E-state index in [1.165, 1.54) is 11.3 Å². The van der Waals surface area contributed by atoms with Crippen molar-refractivity contribution in [3.63, 3.8) is 0 Å². The summed E-state index contributed by atoms with van der Waals surface area (Å²) in [5, 5.41) is 15.7. The number of likely N-dealkylation sites (tertiary alicyclic amines) is 1. The van der Waals surface area contributed by atoms with E-state index in [0.717, 1.165) is 52.5 Å². The van der Waals surface area contributed by atoms with Gasteiger partial charge in [0.1, 0.15) is 0 Å². The molecule has 5 rings (SSSR count). The molecule has 10 heteroatoms. The second kappa shape index (κ2) is 9.95. The number of nitrogens with zero attached hydrogens (tertiary/aromatic N) is 5. The zero-order valence-electron chi connectivity index (χ0n) is 20.2. The van der Waals surface area contributed by atoms with Crippen LogP contribution in [0.1, 0.15) is 29.8 Å². The molecule has 0 radical (unpaired) electrons. The number of carbonyl (C=O) groups excluding carboxylic acids is 2. The Hall–Kier alpha value is -3.97. The molecule has 0 bridgehead atoms. The first-order valence-corrected chi connectivity index (χ1v) is 12.8. The van der Waals surface area contributed by atoms with Gasteiger partial charge in [0.15, 0.2) is 5.13 Å². The van der Waals surface area contributed by atoms with Gasteiger partial charge in [-0.1, -0.05) is 23.5 Å². The van der Waals surface area contributed by atoms with Crippen molar-refractivity contribution in [1.29, 1.82) is 5.26 Å². The molecule has 3 aromatic rings. The molecule has 0 spiro atoms. The average Bonchev–Trinajstić information content (AvgIpc) is 3.50. The Kier molecular flexibility index (Phi) is 6.57. The smallest absolute Gasteiger partial charge is 0.323 e. The summed E-state index contributed by atoms with van der Waals surface area (Å²) >= 11 is 1.41. The maximum absolute atomic E-state index is 13.1. The lowest BCUT2D eigenvalue weighted by Crippen LogP contribution is -2.48. The van der Waals surface area contributed by atoms with Crippen LogP contribution in [0.2, 0.25) is 0 Å². The number of nitriles is 1. The first kappa shape index (κ1) is 23.8. The molecule has 4 heterocycles. The Balaban J connectivity index is 1.38. The molecule has 2 fully saturated rings. The summed E-state index contributed by atoms with van der Waals surface area (Å²) in [5.41, 5.74) is 4.85. The van der Waals surface area contributed by atoms with Gasteiger partial charge in [-0.15, -0.1) is 0 Å². The number of aromatic nitrogens is 2. The molecule has 184 valence electrons. The third-order valence-corrected chi connectivity index (χ3v) is 7.55. The van der Waals surface area contributed by atoms with E-state index in [-0.39, 0.29) is 18.1 Å². The van der Waals surface area contributed by atoms with Crippen molar-refractivity contribution in [1.82, 2.24) is 25.1 Å². The number of thiazole rings is 1. The maximum atomic E-state index is 13.1. The first-order chi connectivity index (χ1) is 17.4. The number of piperidine rings is 1. The van der Waals surface area contributed by atoms with Crippen LogP contribution in [0.5, 0.6) is 0 Å². The molecule has 2 aliphatic rings. The van der Waals surface area contributed by atoms with Crippen LogP contribution in [0.4, 0.5) is 14.7 Å². The Morgan fingerprint density at radius 2 is 1.86 bits per heavy atom. The Morgan fingerprint density at radius 3 is 2.53 bits per heavy atom. The highest BCUT2D eigenvalue weighted by atomic mass is 32.1. The van der Waals surface area contributed by atoms with Gasteiger partial charge in [-0.25, -0.2) is 14.6 Å². The first-order valence-electron chi connectivity index (χ1n) is 12.0. The van der Waals surface area contributed by atoms with Crippen LogP contribution in [0.15, 0.2) is 36.4 Å². The number of hydrogen-bond donors (Lipinski definition) is 2. The van der Waals surface area contributed by atoms with E-state index >= 15 is 0 Å². The van der Waals surface area contributed by atoms with Crippen molar-refractivity contribution >= 4 is 28.5 Å². The molecule has 4 amide bonds. The van der Waals surface area contributed by atoms with E-state index in [9.17, 15) is 14.9 Å². The average molecular weight is 502 g/mol. The molecule has 0 saturated carbocycles. The van der Waals surface area contributed by atoms with Gasteiger partial charge in [0.05, 0.1) is 22.2 Å². The quantitative estimate of drug-likeness (QED) is 0.551. The van der Waals surface area contributed by atoms with Gasteiger partial charge in [-0.05, 0) is 56.5 Å². The predicted octanol–water partition coefficient (Wildman–Crippen LogP) is 4.38. The minimum Gasteiger partial charge on any atom is -0.336 e. The molecular formula is C26H27N7O2S. The number of hydrogen-bond acceptors (Lipinski definition) is 6. The van der Waals surface area contributed by atoms with Gasteiger partial charge in [-0.3, -0.25) is 10.3 Å². The van der Waals surface area contributed by atoms with E-state index in [1.807, 2.05) is 49.1 Å². The Morgan fingerprint density at radius 1 is 1.11 bits per heavy atom. The number of rotatable bonds is 4. The Labute approximate surface area is 213 Å². The second-order valence-electron chi connectivity index (χ2n) is 9.10. The molecule has 0 aliphatic carbocycles. The van der Waals surface area contributed by atoms with Crippen molar-refractivity contribution < 1.29 is 9.59 Å². The fraction of sp³-hybridized carbons (Fsp3) is 0.346. The lowest BCUT2D eigenvalue weighted by Gasteiger charge is -2.35. The third-order valence-electron chi connectivity index (χ3n) is 6.53. The van der Waals surface area contributed by atoms with E-state index in [2.05, 4.69) is 21.7 Å². The van der Waals surface area contributed by atoms with Crippen molar-refractivity contribution in [2.75, 3.05) is 31.5 Å². The highest BCUT2D eigenvalue weighted by Crippen LogP contribution is 2.40. The molecule has 2 N–H and O–H groups in total. The van der Waals surface area contributed by atoms with Crippen molar-refractivity contribution in [2.24, 2.45) is 0 Å². The molecule has 36 heavy (non-hydrogen) atoms. The highest BCUT2D eigenvalue weighted by Gasteiger charge is 2.32. The van der Waals surface area contributed by atoms with Crippen LogP contribution >= 0.6 is 11.3 Å². The highest BCUT2D eigenvalue weighted by molar-refractivity contribution is 7.19. The minimum atomic E-state index is -0.195. The SMILES string of the molecule is Cc1cc(-c2sc(NC(=O)N3CCC(N4CCNC4=O)CC3)nc2-c2cccc(C#N)c2)cc(C)n1. The number of benzene rings is 1. The van der Waals surface area contributed by atoms with Crippen LogP contribution in [-0.2, 0) is 0 Å². The zero-order valence-corrected chi connectivity index (χ0v) is 21.1. The second-order valence-corrected chi connectivity index (χ2v) is 10.1. The maximum Gasteiger partial charge on any atom is 0.323 e. The minimum absolute atomic E-state index is 0.0113. The normalized spacial score (nSPS) is 16.1. The van der Waals surface area contributed by atoms with Gasteiger partial charge in [0.2, 0.25) is 0 Å². The van der Waals surface area contributed by atoms with Crippen LogP contribution in [0.3, 0.4) is 0 Å². The van der Waals surface area contributed by atoms with Crippen LogP contribution in [0, 0.1) is 25.2 Å². The molecule has 0 unspecified atom stereocenters. The predicted molar refractivity (Wildman–Crippen MR) is 139 cm³/mol. The van der Waals surface area contributed by atoms with Gasteiger partial charge < -0.3 is 15.1 Å². The third kappa shape index (κ3) is 4.88. The number of aryl methyl sites for hydroxylation is 2.